The highest BCUT2D eigenvalue weighted by Gasteiger charge is 2.37. The van der Waals surface area contributed by atoms with Crippen LogP contribution in [0, 0.1) is 5.92 Å². The lowest BCUT2D eigenvalue weighted by atomic mass is 10.0. The van der Waals surface area contributed by atoms with E-state index in [1.54, 1.807) is 0 Å². The number of hydrogen-bond donors (Lipinski definition) is 2. The topological polar surface area (TPSA) is 24.1 Å². The van der Waals surface area contributed by atoms with Crippen molar-refractivity contribution in [2.24, 2.45) is 5.92 Å². The molecule has 2 nitrogen and oxygen atoms in total. The first kappa shape index (κ1) is 8.52. The van der Waals surface area contributed by atoms with E-state index in [4.69, 9.17) is 0 Å². The average Bonchev–Trinajstić information content (AvgIpc) is 2.61. The smallest absolute Gasteiger partial charge is 0.0218 e. The summed E-state index contributed by atoms with van der Waals surface area (Å²) in [6.45, 7) is 7.05. The first-order valence-electron chi connectivity index (χ1n) is 5.18. The molecule has 0 spiro atoms. The average molecular weight is 168 g/mol. The van der Waals surface area contributed by atoms with Gasteiger partial charge in [0, 0.05) is 18.1 Å². The zero-order valence-corrected chi connectivity index (χ0v) is 8.19. The molecule has 12 heavy (non-hydrogen) atoms. The number of rotatable bonds is 3. The Kier molecular flexibility index (Phi) is 2.13. The summed E-state index contributed by atoms with van der Waals surface area (Å²) in [5.74, 6) is 0.861. The van der Waals surface area contributed by atoms with E-state index in [0.29, 0.717) is 5.54 Å². The van der Waals surface area contributed by atoms with E-state index in [9.17, 15) is 0 Å². The molecule has 0 aromatic rings. The van der Waals surface area contributed by atoms with Gasteiger partial charge in [0.25, 0.3) is 0 Å². The van der Waals surface area contributed by atoms with Crippen LogP contribution in [0.25, 0.3) is 0 Å². The summed E-state index contributed by atoms with van der Waals surface area (Å²) >= 11 is 0. The molecule has 1 aliphatic carbocycles. The second-order valence-electron chi connectivity index (χ2n) is 4.77. The lowest BCUT2D eigenvalue weighted by Gasteiger charge is -2.19. The van der Waals surface area contributed by atoms with Crippen molar-refractivity contribution in [3.05, 3.63) is 0 Å². The van der Waals surface area contributed by atoms with Gasteiger partial charge in [-0.05, 0) is 38.6 Å². The van der Waals surface area contributed by atoms with Crippen molar-refractivity contribution in [2.75, 3.05) is 13.1 Å². The molecule has 2 unspecified atom stereocenters. The minimum absolute atomic E-state index is 0.504. The molecule has 2 rings (SSSR count). The van der Waals surface area contributed by atoms with Crippen molar-refractivity contribution in [1.82, 2.24) is 10.6 Å². The molecule has 1 heterocycles. The highest BCUT2D eigenvalue weighted by atomic mass is 15.1. The monoisotopic (exact) mass is 168 g/mol. The first-order chi connectivity index (χ1) is 5.70. The van der Waals surface area contributed by atoms with Crippen molar-refractivity contribution in [1.29, 1.82) is 0 Å². The van der Waals surface area contributed by atoms with Gasteiger partial charge in [0.05, 0.1) is 0 Å². The van der Waals surface area contributed by atoms with Crippen molar-refractivity contribution in [3.8, 4) is 0 Å². The predicted molar refractivity (Wildman–Crippen MR) is 51.2 cm³/mol. The van der Waals surface area contributed by atoms with E-state index in [-0.39, 0.29) is 0 Å². The molecule has 0 aromatic heterocycles. The first-order valence-corrected chi connectivity index (χ1v) is 5.18. The van der Waals surface area contributed by atoms with Crippen LogP contribution in [0.15, 0.2) is 0 Å². The summed E-state index contributed by atoms with van der Waals surface area (Å²) in [5.41, 5.74) is 0.504. The summed E-state index contributed by atoms with van der Waals surface area (Å²) in [4.78, 5) is 0. The van der Waals surface area contributed by atoms with Gasteiger partial charge in [0.2, 0.25) is 0 Å². The minimum Gasteiger partial charge on any atom is -0.312 e. The SMILES string of the molecule is CC1CCNC1CNC1(C)CC1. The van der Waals surface area contributed by atoms with Crippen LogP contribution in [0.2, 0.25) is 0 Å². The van der Waals surface area contributed by atoms with Crippen LogP contribution in [0.3, 0.4) is 0 Å². The maximum Gasteiger partial charge on any atom is 0.0218 e. The Morgan fingerprint density at radius 3 is 2.75 bits per heavy atom. The standard InChI is InChI=1S/C10H20N2/c1-8-3-6-11-9(8)7-12-10(2)4-5-10/h8-9,11-12H,3-7H2,1-2H3. The zero-order chi connectivity index (χ0) is 8.60. The molecule has 1 aliphatic heterocycles. The van der Waals surface area contributed by atoms with Gasteiger partial charge in [-0.25, -0.2) is 0 Å². The van der Waals surface area contributed by atoms with E-state index < -0.39 is 0 Å². The molecule has 1 saturated carbocycles. The van der Waals surface area contributed by atoms with E-state index in [1.165, 1.54) is 25.8 Å². The van der Waals surface area contributed by atoms with E-state index >= 15 is 0 Å². The Morgan fingerprint density at radius 2 is 2.25 bits per heavy atom. The third-order valence-corrected chi connectivity index (χ3v) is 3.44. The Balaban J connectivity index is 1.72. The zero-order valence-electron chi connectivity index (χ0n) is 8.19. The Morgan fingerprint density at radius 1 is 1.50 bits per heavy atom. The molecule has 1 saturated heterocycles. The normalized spacial score (nSPS) is 38.5. The largest absolute Gasteiger partial charge is 0.312 e. The van der Waals surface area contributed by atoms with Gasteiger partial charge < -0.3 is 10.6 Å². The Bertz CT molecular complexity index is 163. The molecule has 0 amide bonds. The highest BCUT2D eigenvalue weighted by molar-refractivity contribution is 4.99. The molecule has 2 fully saturated rings. The molecule has 0 radical (unpaired) electrons. The van der Waals surface area contributed by atoms with Crippen molar-refractivity contribution in [3.63, 3.8) is 0 Å². The maximum atomic E-state index is 3.64. The van der Waals surface area contributed by atoms with Crippen LogP contribution in [-0.4, -0.2) is 24.7 Å². The van der Waals surface area contributed by atoms with Gasteiger partial charge in [-0.2, -0.15) is 0 Å². The molecule has 2 aliphatic rings. The van der Waals surface area contributed by atoms with E-state index in [2.05, 4.69) is 24.5 Å². The molecule has 0 aromatic carbocycles. The Labute approximate surface area is 75.1 Å². The molecular weight excluding hydrogens is 148 g/mol. The molecule has 2 N–H and O–H groups in total. The fourth-order valence-corrected chi connectivity index (χ4v) is 1.89. The van der Waals surface area contributed by atoms with Gasteiger partial charge in [-0.15, -0.1) is 0 Å². The number of hydrogen-bond acceptors (Lipinski definition) is 2. The van der Waals surface area contributed by atoms with Gasteiger partial charge in [0.15, 0.2) is 0 Å². The van der Waals surface area contributed by atoms with Crippen molar-refractivity contribution < 1.29 is 0 Å². The summed E-state index contributed by atoms with van der Waals surface area (Å²) < 4.78 is 0. The number of nitrogens with one attached hydrogen (secondary N) is 2. The van der Waals surface area contributed by atoms with E-state index in [0.717, 1.165) is 18.5 Å². The lowest BCUT2D eigenvalue weighted by Crippen LogP contribution is -2.41. The summed E-state index contributed by atoms with van der Waals surface area (Å²) in [6, 6.07) is 0.724. The highest BCUT2D eigenvalue weighted by Crippen LogP contribution is 2.34. The van der Waals surface area contributed by atoms with Crippen LogP contribution in [-0.2, 0) is 0 Å². The Hall–Kier alpha value is -0.0800. The van der Waals surface area contributed by atoms with Gasteiger partial charge in [0.1, 0.15) is 0 Å². The molecule has 70 valence electrons. The maximum absolute atomic E-state index is 3.64. The minimum atomic E-state index is 0.504. The van der Waals surface area contributed by atoms with Gasteiger partial charge in [-0.3, -0.25) is 0 Å². The lowest BCUT2D eigenvalue weighted by molar-refractivity contribution is 0.414. The van der Waals surface area contributed by atoms with E-state index in [1.807, 2.05) is 0 Å². The fraction of sp³-hybridized carbons (Fsp3) is 1.00. The third kappa shape index (κ3) is 1.80. The predicted octanol–water partition coefficient (Wildman–Crippen LogP) is 1.13. The van der Waals surface area contributed by atoms with Crippen LogP contribution in [0.5, 0.6) is 0 Å². The van der Waals surface area contributed by atoms with Crippen LogP contribution < -0.4 is 10.6 Å². The van der Waals surface area contributed by atoms with Crippen LogP contribution in [0.1, 0.15) is 33.1 Å². The summed E-state index contributed by atoms with van der Waals surface area (Å²) in [5, 5.41) is 7.19. The molecule has 2 heteroatoms. The third-order valence-electron chi connectivity index (χ3n) is 3.44. The molecule has 0 bridgehead atoms. The van der Waals surface area contributed by atoms with Crippen LogP contribution >= 0.6 is 0 Å². The quantitative estimate of drug-likeness (QED) is 0.660. The molecular formula is C10H20N2. The second kappa shape index (κ2) is 3.00. The summed E-state index contributed by atoms with van der Waals surface area (Å²) in [6.07, 6.45) is 4.09. The van der Waals surface area contributed by atoms with Gasteiger partial charge >= 0.3 is 0 Å². The van der Waals surface area contributed by atoms with Gasteiger partial charge in [-0.1, -0.05) is 6.92 Å². The van der Waals surface area contributed by atoms with Crippen molar-refractivity contribution in [2.45, 2.75) is 44.7 Å². The summed E-state index contributed by atoms with van der Waals surface area (Å²) in [7, 11) is 0. The molecule has 2 atom stereocenters. The van der Waals surface area contributed by atoms with Crippen molar-refractivity contribution >= 4 is 0 Å². The van der Waals surface area contributed by atoms with Crippen LogP contribution in [0.4, 0.5) is 0 Å². The fourth-order valence-electron chi connectivity index (χ4n) is 1.89. The second-order valence-corrected chi connectivity index (χ2v) is 4.77.